The van der Waals surface area contributed by atoms with Crippen molar-refractivity contribution in [2.45, 2.75) is 108 Å². The fraction of sp³-hybridized carbons (Fsp3) is 0.960. The van der Waals surface area contributed by atoms with Crippen molar-refractivity contribution < 1.29 is 9.53 Å². The van der Waals surface area contributed by atoms with Gasteiger partial charge in [0.25, 0.3) is 0 Å². The van der Waals surface area contributed by atoms with Crippen LogP contribution in [0.1, 0.15) is 102 Å². The Hall–Kier alpha value is -0.530. The average Bonchev–Trinajstić information content (AvgIpc) is 2.43. The van der Waals surface area contributed by atoms with Crippen LogP contribution in [-0.4, -0.2) is 12.1 Å². The molecule has 1 rings (SSSR count). The molecule has 1 saturated carbocycles. The Morgan fingerprint density at radius 2 is 1.37 bits per heavy atom. The van der Waals surface area contributed by atoms with E-state index in [0.29, 0.717) is 29.1 Å². The number of hydrogen-bond acceptors (Lipinski definition) is 2. The summed E-state index contributed by atoms with van der Waals surface area (Å²) in [6.07, 6.45) is 3.06. The van der Waals surface area contributed by atoms with Gasteiger partial charge in [0.1, 0.15) is 6.10 Å². The first-order valence-electron chi connectivity index (χ1n) is 11.2. The maximum absolute atomic E-state index is 13.3. The third-order valence-electron chi connectivity index (χ3n) is 7.30. The maximum Gasteiger partial charge on any atom is 0.312 e. The molecule has 0 aromatic rings. The standard InChI is InChI=1S/C25H48O2/c1-16(2)15-25(12,17(3)4)22(26)27-21-13-18(5)19(23(6,7)8)14-20(21)24(9,10)11/h16-21H,13-15H2,1-12H3. The quantitative estimate of drug-likeness (QED) is 0.466. The van der Waals surface area contributed by atoms with Gasteiger partial charge in [0, 0.05) is 5.92 Å². The van der Waals surface area contributed by atoms with Gasteiger partial charge in [0.15, 0.2) is 0 Å². The summed E-state index contributed by atoms with van der Waals surface area (Å²) in [6, 6.07) is 0. The summed E-state index contributed by atoms with van der Waals surface area (Å²) in [5, 5.41) is 0. The fourth-order valence-electron chi connectivity index (χ4n) is 5.28. The molecular formula is C25H48O2. The lowest BCUT2D eigenvalue weighted by atomic mass is 9.58. The number of hydrogen-bond donors (Lipinski definition) is 0. The summed E-state index contributed by atoms with van der Waals surface area (Å²) in [4.78, 5) is 13.3. The molecule has 160 valence electrons. The second-order valence-electron chi connectivity index (χ2n) is 12.5. The van der Waals surface area contributed by atoms with Crippen molar-refractivity contribution in [2.75, 3.05) is 0 Å². The number of carbonyl (C=O) groups is 1. The summed E-state index contributed by atoms with van der Waals surface area (Å²) in [6.45, 7) is 27.2. The molecule has 2 heteroatoms. The molecule has 0 radical (unpaired) electrons. The lowest BCUT2D eigenvalue weighted by Crippen LogP contribution is -2.48. The molecule has 0 spiro atoms. The van der Waals surface area contributed by atoms with Gasteiger partial charge in [-0.05, 0) is 60.7 Å². The molecule has 0 aromatic heterocycles. The van der Waals surface area contributed by atoms with Gasteiger partial charge in [-0.25, -0.2) is 0 Å². The van der Waals surface area contributed by atoms with Crippen LogP contribution in [0.15, 0.2) is 0 Å². The molecular weight excluding hydrogens is 332 g/mol. The number of carbonyl (C=O) groups excluding carboxylic acids is 1. The van der Waals surface area contributed by atoms with Gasteiger partial charge in [-0.2, -0.15) is 0 Å². The molecule has 1 fully saturated rings. The van der Waals surface area contributed by atoms with E-state index in [1.54, 1.807) is 0 Å². The molecule has 0 heterocycles. The minimum atomic E-state index is -0.402. The first-order chi connectivity index (χ1) is 12.0. The van der Waals surface area contributed by atoms with E-state index >= 15 is 0 Å². The van der Waals surface area contributed by atoms with Gasteiger partial charge in [-0.3, -0.25) is 4.79 Å². The van der Waals surface area contributed by atoms with Crippen molar-refractivity contribution >= 4 is 5.97 Å². The molecule has 0 N–H and O–H groups in total. The van der Waals surface area contributed by atoms with Gasteiger partial charge >= 0.3 is 5.97 Å². The molecule has 1 aliphatic carbocycles. The van der Waals surface area contributed by atoms with Crippen LogP contribution in [0.3, 0.4) is 0 Å². The summed E-state index contributed by atoms with van der Waals surface area (Å²) in [7, 11) is 0. The first kappa shape index (κ1) is 24.5. The Bertz CT molecular complexity index is 491. The molecule has 0 saturated heterocycles. The highest BCUT2D eigenvalue weighted by Crippen LogP contribution is 2.50. The molecule has 2 nitrogen and oxygen atoms in total. The summed E-state index contributed by atoms with van der Waals surface area (Å²) in [5.74, 6) is 2.45. The second-order valence-corrected chi connectivity index (χ2v) is 12.5. The molecule has 0 bridgehead atoms. The lowest BCUT2D eigenvalue weighted by molar-refractivity contribution is -0.176. The van der Waals surface area contributed by atoms with Crippen LogP contribution in [-0.2, 0) is 9.53 Å². The van der Waals surface area contributed by atoms with Crippen LogP contribution in [0, 0.1) is 45.8 Å². The predicted octanol–water partition coefficient (Wildman–Crippen LogP) is 7.36. The zero-order valence-electron chi connectivity index (χ0n) is 20.4. The van der Waals surface area contributed by atoms with Gasteiger partial charge < -0.3 is 4.74 Å². The van der Waals surface area contributed by atoms with Crippen molar-refractivity contribution in [2.24, 2.45) is 45.8 Å². The van der Waals surface area contributed by atoms with Crippen LogP contribution in [0.4, 0.5) is 0 Å². The molecule has 0 amide bonds. The van der Waals surface area contributed by atoms with Crippen molar-refractivity contribution in [3.63, 3.8) is 0 Å². The average molecular weight is 381 g/mol. The Kier molecular flexibility index (Phi) is 7.67. The van der Waals surface area contributed by atoms with Crippen molar-refractivity contribution in [3.05, 3.63) is 0 Å². The summed E-state index contributed by atoms with van der Waals surface area (Å²) in [5.41, 5.74) is 0.0313. The van der Waals surface area contributed by atoms with Crippen LogP contribution in [0.2, 0.25) is 0 Å². The van der Waals surface area contributed by atoms with Crippen LogP contribution in [0.25, 0.3) is 0 Å². The normalized spacial score (nSPS) is 29.7. The maximum atomic E-state index is 13.3. The molecule has 5 unspecified atom stereocenters. The highest BCUT2D eigenvalue weighted by Gasteiger charge is 2.48. The van der Waals surface area contributed by atoms with Crippen LogP contribution < -0.4 is 0 Å². The molecule has 0 aromatic carbocycles. The fourth-order valence-corrected chi connectivity index (χ4v) is 5.28. The van der Waals surface area contributed by atoms with Gasteiger partial charge in [0.2, 0.25) is 0 Å². The van der Waals surface area contributed by atoms with E-state index in [2.05, 4.69) is 83.1 Å². The summed E-state index contributed by atoms with van der Waals surface area (Å²) < 4.78 is 6.35. The minimum absolute atomic E-state index is 0.0202. The smallest absolute Gasteiger partial charge is 0.312 e. The second kappa shape index (κ2) is 8.46. The largest absolute Gasteiger partial charge is 0.462 e. The van der Waals surface area contributed by atoms with Crippen LogP contribution >= 0.6 is 0 Å². The van der Waals surface area contributed by atoms with E-state index in [9.17, 15) is 4.79 Å². The Balaban J connectivity index is 3.10. The zero-order chi connectivity index (χ0) is 21.4. The molecule has 5 atom stereocenters. The minimum Gasteiger partial charge on any atom is -0.462 e. The topological polar surface area (TPSA) is 26.3 Å². The van der Waals surface area contributed by atoms with Crippen molar-refractivity contribution in [3.8, 4) is 0 Å². The third-order valence-corrected chi connectivity index (χ3v) is 7.30. The molecule has 27 heavy (non-hydrogen) atoms. The highest BCUT2D eigenvalue weighted by atomic mass is 16.5. The number of esters is 1. The predicted molar refractivity (Wildman–Crippen MR) is 117 cm³/mol. The van der Waals surface area contributed by atoms with E-state index in [4.69, 9.17) is 4.74 Å². The van der Waals surface area contributed by atoms with Crippen molar-refractivity contribution in [1.82, 2.24) is 0 Å². The van der Waals surface area contributed by atoms with Gasteiger partial charge in [-0.15, -0.1) is 0 Å². The summed E-state index contributed by atoms with van der Waals surface area (Å²) >= 11 is 0. The molecule has 1 aliphatic rings. The zero-order valence-corrected chi connectivity index (χ0v) is 20.4. The van der Waals surface area contributed by atoms with Gasteiger partial charge in [-0.1, -0.05) is 76.2 Å². The van der Waals surface area contributed by atoms with E-state index in [-0.39, 0.29) is 23.4 Å². The van der Waals surface area contributed by atoms with Crippen molar-refractivity contribution in [1.29, 1.82) is 0 Å². The SMILES string of the molecule is CC(C)CC(C)(C(=O)OC1CC(C)C(C(C)(C)C)CC1C(C)(C)C)C(C)C. The first-order valence-corrected chi connectivity index (χ1v) is 11.2. The molecule has 0 aliphatic heterocycles. The number of rotatable bonds is 5. The lowest BCUT2D eigenvalue weighted by Gasteiger charge is -2.50. The highest BCUT2D eigenvalue weighted by molar-refractivity contribution is 5.77. The third kappa shape index (κ3) is 5.97. The van der Waals surface area contributed by atoms with Gasteiger partial charge in [0.05, 0.1) is 5.41 Å². The van der Waals surface area contributed by atoms with E-state index in [0.717, 1.165) is 19.3 Å². The Morgan fingerprint density at radius 1 is 0.889 bits per heavy atom. The van der Waals surface area contributed by atoms with E-state index in [1.807, 2.05) is 0 Å². The number of ether oxygens (including phenoxy) is 1. The monoisotopic (exact) mass is 380 g/mol. The van der Waals surface area contributed by atoms with Crippen LogP contribution in [0.5, 0.6) is 0 Å². The Labute approximate surface area is 170 Å². The van der Waals surface area contributed by atoms with E-state index in [1.165, 1.54) is 0 Å². The Morgan fingerprint density at radius 3 is 1.74 bits per heavy atom. The van der Waals surface area contributed by atoms with E-state index < -0.39 is 5.41 Å².